The lowest BCUT2D eigenvalue weighted by atomic mass is 9.48. The summed E-state index contributed by atoms with van der Waals surface area (Å²) in [6.45, 7) is 5.66. The Bertz CT molecular complexity index is 725. The molecule has 3 rings (SSSR count). The van der Waals surface area contributed by atoms with Crippen LogP contribution in [0.5, 0.6) is 5.75 Å². The number of alkyl halides is 4. The molecule has 0 bridgehead atoms. The van der Waals surface area contributed by atoms with Gasteiger partial charge in [-0.25, -0.2) is 0 Å². The number of halogens is 4. The van der Waals surface area contributed by atoms with E-state index in [1.54, 1.807) is 12.0 Å². The van der Waals surface area contributed by atoms with E-state index in [9.17, 15) is 22.4 Å². The molecule has 1 aliphatic heterocycles. The molecule has 0 unspecified atom stereocenters. The molecule has 2 aliphatic rings. The summed E-state index contributed by atoms with van der Waals surface area (Å²) in [5.74, 6) is -0.826. The minimum atomic E-state index is -4.67. The highest BCUT2D eigenvalue weighted by atomic mass is 19.3. The Morgan fingerprint density at radius 3 is 2.59 bits per heavy atom. The third kappa shape index (κ3) is 3.39. The van der Waals surface area contributed by atoms with Gasteiger partial charge in [0.1, 0.15) is 5.75 Å². The van der Waals surface area contributed by atoms with Gasteiger partial charge in [0.25, 0.3) is 5.91 Å². The second-order valence-electron chi connectivity index (χ2n) is 8.16. The zero-order chi connectivity index (χ0) is 20.0. The normalized spacial score (nSPS) is 26.7. The van der Waals surface area contributed by atoms with Gasteiger partial charge >= 0.3 is 12.5 Å². The fourth-order valence-electron chi connectivity index (χ4n) is 4.86. The zero-order valence-corrected chi connectivity index (χ0v) is 15.5. The van der Waals surface area contributed by atoms with Crippen LogP contribution in [0.25, 0.3) is 0 Å². The molecule has 0 radical (unpaired) electrons. The van der Waals surface area contributed by atoms with E-state index in [1.165, 1.54) is 18.2 Å². The van der Waals surface area contributed by atoms with Gasteiger partial charge in [-0.15, -0.1) is 0 Å². The number of hydrogen-bond acceptors (Lipinski definition) is 3. The summed E-state index contributed by atoms with van der Waals surface area (Å²) in [5.41, 5.74) is -0.257. The van der Waals surface area contributed by atoms with Crippen LogP contribution in [0.2, 0.25) is 0 Å². The SMILES string of the molecule is COC[C@@]12CN(C(=O)c3ccccc3OC(F)(F)C(F)F)C[C@@H]1C(C)(C)C2. The van der Waals surface area contributed by atoms with Gasteiger partial charge in [-0.3, -0.25) is 4.79 Å². The summed E-state index contributed by atoms with van der Waals surface area (Å²) >= 11 is 0. The summed E-state index contributed by atoms with van der Waals surface area (Å²) in [6, 6.07) is 5.26. The van der Waals surface area contributed by atoms with Crippen molar-refractivity contribution >= 4 is 5.91 Å². The number of likely N-dealkylation sites (tertiary alicyclic amines) is 1. The first-order valence-corrected chi connectivity index (χ1v) is 8.75. The Hall–Kier alpha value is -1.83. The fraction of sp³-hybridized carbons (Fsp3) is 0.632. The second kappa shape index (κ2) is 6.65. The largest absolute Gasteiger partial charge is 0.461 e. The van der Waals surface area contributed by atoms with Crippen LogP contribution in [0.3, 0.4) is 0 Å². The Morgan fingerprint density at radius 2 is 2.00 bits per heavy atom. The van der Waals surface area contributed by atoms with Crippen LogP contribution in [-0.2, 0) is 4.74 Å². The molecule has 27 heavy (non-hydrogen) atoms. The molecule has 8 heteroatoms. The Morgan fingerprint density at radius 1 is 1.33 bits per heavy atom. The first kappa shape index (κ1) is 19.9. The molecule has 0 aromatic heterocycles. The molecule has 150 valence electrons. The van der Waals surface area contributed by atoms with Gasteiger partial charge in [-0.1, -0.05) is 26.0 Å². The molecule has 0 spiro atoms. The molecule has 0 N–H and O–H groups in total. The van der Waals surface area contributed by atoms with E-state index < -0.39 is 24.2 Å². The Kier molecular flexibility index (Phi) is 4.91. The number of carbonyl (C=O) groups excluding carboxylic acids is 1. The Labute approximate surface area is 155 Å². The lowest BCUT2D eigenvalue weighted by molar-refractivity contribution is -0.253. The van der Waals surface area contributed by atoms with Crippen LogP contribution in [0.1, 0.15) is 30.6 Å². The highest BCUT2D eigenvalue weighted by Crippen LogP contribution is 2.62. The number of para-hydroxylation sites is 1. The average molecular weight is 389 g/mol. The molecule has 1 saturated heterocycles. The number of amides is 1. The number of hydrogen-bond donors (Lipinski definition) is 0. The van der Waals surface area contributed by atoms with Crippen molar-refractivity contribution in [1.82, 2.24) is 4.90 Å². The maximum absolute atomic E-state index is 13.3. The van der Waals surface area contributed by atoms with Crippen LogP contribution in [0, 0.1) is 16.7 Å². The molecular formula is C19H23F4NO3. The van der Waals surface area contributed by atoms with Gasteiger partial charge in [0, 0.05) is 25.6 Å². The molecule has 1 aromatic carbocycles. The van der Waals surface area contributed by atoms with Gasteiger partial charge in [-0.2, -0.15) is 17.6 Å². The quantitative estimate of drug-likeness (QED) is 0.689. The van der Waals surface area contributed by atoms with Crippen molar-refractivity contribution in [1.29, 1.82) is 0 Å². The van der Waals surface area contributed by atoms with Crippen molar-refractivity contribution < 1.29 is 31.8 Å². The van der Waals surface area contributed by atoms with Gasteiger partial charge in [-0.05, 0) is 29.9 Å². The van der Waals surface area contributed by atoms with E-state index in [1.807, 2.05) is 0 Å². The summed E-state index contributed by atoms with van der Waals surface area (Å²) in [6.07, 6.45) is -7.77. The number of benzene rings is 1. The van der Waals surface area contributed by atoms with Gasteiger partial charge in [0.2, 0.25) is 0 Å². The standard InChI is InChI=1S/C19H23F4NO3/c1-17(2)9-18(11-26-3)10-24(8-14(17)18)15(25)12-6-4-5-7-13(12)27-19(22,23)16(20)21/h4-7,14,16H,8-11H2,1-3H3/t14-,18-/m1/s1. The highest BCUT2D eigenvalue weighted by Gasteiger charge is 2.63. The number of methoxy groups -OCH3 is 1. The maximum atomic E-state index is 13.3. The lowest BCUT2D eigenvalue weighted by Gasteiger charge is -2.56. The van der Waals surface area contributed by atoms with Crippen LogP contribution in [0.4, 0.5) is 17.6 Å². The minimum Gasteiger partial charge on any atom is -0.427 e. The van der Waals surface area contributed by atoms with Gasteiger partial charge < -0.3 is 14.4 Å². The molecule has 2 fully saturated rings. The van der Waals surface area contributed by atoms with Crippen molar-refractivity contribution in [2.24, 2.45) is 16.7 Å². The number of carbonyl (C=O) groups is 1. The maximum Gasteiger partial charge on any atom is 0.461 e. The van der Waals surface area contributed by atoms with Crippen molar-refractivity contribution in [3.05, 3.63) is 29.8 Å². The van der Waals surface area contributed by atoms with Gasteiger partial charge in [0.15, 0.2) is 0 Å². The molecule has 1 saturated carbocycles. The van der Waals surface area contributed by atoms with Crippen molar-refractivity contribution in [3.63, 3.8) is 0 Å². The first-order chi connectivity index (χ1) is 12.5. The summed E-state index contributed by atoms with van der Waals surface area (Å²) in [5, 5.41) is 0. The molecule has 1 aliphatic carbocycles. The van der Waals surface area contributed by atoms with Crippen molar-refractivity contribution in [2.45, 2.75) is 32.8 Å². The molecule has 1 aromatic rings. The third-order valence-corrected chi connectivity index (χ3v) is 5.74. The highest BCUT2D eigenvalue weighted by molar-refractivity contribution is 5.97. The fourth-order valence-corrected chi connectivity index (χ4v) is 4.86. The Balaban J connectivity index is 1.83. The zero-order valence-electron chi connectivity index (χ0n) is 15.5. The van der Waals surface area contributed by atoms with E-state index in [2.05, 4.69) is 18.6 Å². The van der Waals surface area contributed by atoms with Crippen LogP contribution >= 0.6 is 0 Å². The second-order valence-corrected chi connectivity index (χ2v) is 8.16. The average Bonchev–Trinajstić information content (AvgIpc) is 2.89. The number of fused-ring (bicyclic) bond motifs is 1. The number of nitrogens with zero attached hydrogens (tertiary/aromatic N) is 1. The van der Waals surface area contributed by atoms with E-state index in [0.717, 1.165) is 12.5 Å². The van der Waals surface area contributed by atoms with E-state index in [-0.39, 0.29) is 22.3 Å². The predicted molar refractivity (Wildman–Crippen MR) is 90.1 cm³/mol. The lowest BCUT2D eigenvalue weighted by Crippen LogP contribution is -2.55. The third-order valence-electron chi connectivity index (χ3n) is 5.74. The van der Waals surface area contributed by atoms with Gasteiger partial charge in [0.05, 0.1) is 12.2 Å². The van der Waals surface area contributed by atoms with Crippen LogP contribution in [0.15, 0.2) is 24.3 Å². The van der Waals surface area contributed by atoms with E-state index in [4.69, 9.17) is 4.74 Å². The summed E-state index contributed by atoms with van der Waals surface area (Å²) < 4.78 is 61.2. The number of rotatable bonds is 6. The molecular weight excluding hydrogens is 366 g/mol. The van der Waals surface area contributed by atoms with Crippen molar-refractivity contribution in [2.75, 3.05) is 26.8 Å². The van der Waals surface area contributed by atoms with Crippen LogP contribution < -0.4 is 4.74 Å². The van der Waals surface area contributed by atoms with E-state index in [0.29, 0.717) is 19.7 Å². The monoisotopic (exact) mass is 389 g/mol. The van der Waals surface area contributed by atoms with Crippen LogP contribution in [-0.4, -0.2) is 50.1 Å². The molecule has 1 amide bonds. The predicted octanol–water partition coefficient (Wildman–Crippen LogP) is 4.06. The number of ether oxygens (including phenoxy) is 2. The topological polar surface area (TPSA) is 38.8 Å². The first-order valence-electron chi connectivity index (χ1n) is 8.75. The summed E-state index contributed by atoms with van der Waals surface area (Å²) in [7, 11) is 1.61. The molecule has 1 heterocycles. The summed E-state index contributed by atoms with van der Waals surface area (Å²) in [4.78, 5) is 14.6. The minimum absolute atomic E-state index is 0.0479. The van der Waals surface area contributed by atoms with E-state index >= 15 is 0 Å². The molecule has 4 nitrogen and oxygen atoms in total. The van der Waals surface area contributed by atoms with Crippen molar-refractivity contribution in [3.8, 4) is 5.75 Å². The molecule has 2 atom stereocenters. The smallest absolute Gasteiger partial charge is 0.427 e.